The van der Waals surface area contributed by atoms with Crippen molar-refractivity contribution in [2.24, 2.45) is 5.92 Å². The second kappa shape index (κ2) is 4.27. The van der Waals surface area contributed by atoms with Crippen LogP contribution in [-0.2, 0) is 0 Å². The summed E-state index contributed by atoms with van der Waals surface area (Å²) >= 11 is 0. The van der Waals surface area contributed by atoms with E-state index in [-0.39, 0.29) is 0 Å². The van der Waals surface area contributed by atoms with E-state index in [4.69, 9.17) is 4.52 Å². The highest BCUT2D eigenvalue weighted by atomic mass is 16.5. The largest absolute Gasteiger partial charge is 0.364 e. The van der Waals surface area contributed by atoms with Gasteiger partial charge in [0.1, 0.15) is 6.26 Å². The van der Waals surface area contributed by atoms with E-state index in [1.54, 1.807) is 12.3 Å². The summed E-state index contributed by atoms with van der Waals surface area (Å²) in [6.45, 7) is 2.26. The third kappa shape index (κ3) is 1.83. The summed E-state index contributed by atoms with van der Waals surface area (Å²) in [6, 6.07) is 2.17. The number of aromatic nitrogens is 5. The fourth-order valence-electron chi connectivity index (χ4n) is 2.57. The van der Waals surface area contributed by atoms with Crippen LogP contribution in [0.25, 0.3) is 11.5 Å². The molecule has 2 aromatic heterocycles. The zero-order valence-corrected chi connectivity index (χ0v) is 9.78. The summed E-state index contributed by atoms with van der Waals surface area (Å²) in [6.07, 6.45) is 6.46. The standard InChI is InChI=1S/C11H15N5O/c1-8-4-2-3-5-10(8)16-11(12-14-15-16)9-6-7-17-13-9/h6-8,10H,2-5H2,1H3. The van der Waals surface area contributed by atoms with Gasteiger partial charge < -0.3 is 4.52 Å². The summed E-state index contributed by atoms with van der Waals surface area (Å²) in [5.74, 6) is 1.32. The van der Waals surface area contributed by atoms with Crippen molar-refractivity contribution in [3.05, 3.63) is 12.3 Å². The predicted octanol–water partition coefficient (Wildman–Crippen LogP) is 2.08. The Morgan fingerprint density at radius 3 is 3.00 bits per heavy atom. The first-order valence-electron chi connectivity index (χ1n) is 6.05. The summed E-state index contributed by atoms with van der Waals surface area (Å²) in [5, 5.41) is 15.8. The van der Waals surface area contributed by atoms with Gasteiger partial charge in [-0.1, -0.05) is 24.9 Å². The first-order valence-corrected chi connectivity index (χ1v) is 6.05. The summed E-state index contributed by atoms with van der Waals surface area (Å²) in [5.41, 5.74) is 0.702. The minimum atomic E-state index is 0.380. The first kappa shape index (κ1) is 10.4. The highest BCUT2D eigenvalue weighted by Gasteiger charge is 2.27. The minimum absolute atomic E-state index is 0.380. The molecule has 3 rings (SSSR count). The van der Waals surface area contributed by atoms with E-state index in [0.29, 0.717) is 23.5 Å². The lowest BCUT2D eigenvalue weighted by Crippen LogP contribution is -2.23. The van der Waals surface area contributed by atoms with Crippen molar-refractivity contribution in [3.8, 4) is 11.5 Å². The molecule has 2 unspecified atom stereocenters. The molecule has 6 nitrogen and oxygen atoms in total. The second-order valence-corrected chi connectivity index (χ2v) is 4.66. The molecule has 17 heavy (non-hydrogen) atoms. The van der Waals surface area contributed by atoms with Crippen LogP contribution in [0.3, 0.4) is 0 Å². The maximum atomic E-state index is 4.85. The predicted molar refractivity (Wildman–Crippen MR) is 60.0 cm³/mol. The molecule has 0 bridgehead atoms. The van der Waals surface area contributed by atoms with Crippen LogP contribution in [0.2, 0.25) is 0 Å². The molecule has 1 saturated carbocycles. The van der Waals surface area contributed by atoms with Gasteiger partial charge in [-0.25, -0.2) is 4.68 Å². The monoisotopic (exact) mass is 233 g/mol. The zero-order chi connectivity index (χ0) is 11.7. The topological polar surface area (TPSA) is 69.6 Å². The van der Waals surface area contributed by atoms with Crippen molar-refractivity contribution in [1.29, 1.82) is 0 Å². The number of hydrogen-bond acceptors (Lipinski definition) is 5. The van der Waals surface area contributed by atoms with Gasteiger partial charge in [-0.3, -0.25) is 0 Å². The molecule has 0 amide bonds. The van der Waals surface area contributed by atoms with Gasteiger partial charge in [-0.05, 0) is 29.2 Å². The second-order valence-electron chi connectivity index (χ2n) is 4.66. The third-order valence-corrected chi connectivity index (χ3v) is 3.54. The van der Waals surface area contributed by atoms with E-state index in [9.17, 15) is 0 Å². The SMILES string of the molecule is CC1CCCCC1n1nnnc1-c1ccon1. The van der Waals surface area contributed by atoms with E-state index >= 15 is 0 Å². The molecular formula is C11H15N5O. The molecular weight excluding hydrogens is 218 g/mol. The molecule has 6 heteroatoms. The third-order valence-electron chi connectivity index (χ3n) is 3.54. The lowest BCUT2D eigenvalue weighted by atomic mass is 9.86. The van der Waals surface area contributed by atoms with E-state index in [2.05, 4.69) is 27.6 Å². The number of nitrogens with zero attached hydrogens (tertiary/aromatic N) is 5. The molecule has 1 fully saturated rings. The smallest absolute Gasteiger partial charge is 0.204 e. The molecule has 2 heterocycles. The normalized spacial score (nSPS) is 25.0. The first-order chi connectivity index (χ1) is 8.36. The van der Waals surface area contributed by atoms with Crippen molar-refractivity contribution in [3.63, 3.8) is 0 Å². The molecule has 0 spiro atoms. The van der Waals surface area contributed by atoms with Crippen molar-refractivity contribution in [2.45, 2.75) is 38.6 Å². The van der Waals surface area contributed by atoms with Crippen LogP contribution in [-0.4, -0.2) is 25.4 Å². The lowest BCUT2D eigenvalue weighted by molar-refractivity contribution is 0.238. The van der Waals surface area contributed by atoms with E-state index < -0.39 is 0 Å². The van der Waals surface area contributed by atoms with Crippen LogP contribution in [0.5, 0.6) is 0 Å². The Morgan fingerprint density at radius 2 is 2.24 bits per heavy atom. The molecule has 2 aromatic rings. The van der Waals surface area contributed by atoms with Gasteiger partial charge in [-0.15, -0.1) is 5.10 Å². The average Bonchev–Trinajstić information content (AvgIpc) is 3.00. The van der Waals surface area contributed by atoms with Crippen LogP contribution in [0, 0.1) is 5.92 Å². The quantitative estimate of drug-likeness (QED) is 0.794. The van der Waals surface area contributed by atoms with Crippen molar-refractivity contribution in [2.75, 3.05) is 0 Å². The summed E-state index contributed by atoms with van der Waals surface area (Å²) in [4.78, 5) is 0. The van der Waals surface area contributed by atoms with E-state index in [1.807, 2.05) is 4.68 Å². The Labute approximate surface area is 99.0 Å². The highest BCUT2D eigenvalue weighted by molar-refractivity contribution is 5.46. The fraction of sp³-hybridized carbons (Fsp3) is 0.636. The Kier molecular flexibility index (Phi) is 2.62. The number of hydrogen-bond donors (Lipinski definition) is 0. The van der Waals surface area contributed by atoms with Gasteiger partial charge in [-0.2, -0.15) is 0 Å². The van der Waals surface area contributed by atoms with Gasteiger partial charge in [0.2, 0.25) is 5.82 Å². The van der Waals surface area contributed by atoms with Crippen LogP contribution in [0.1, 0.15) is 38.6 Å². The number of tetrazole rings is 1. The maximum Gasteiger partial charge on any atom is 0.204 e. The molecule has 0 saturated heterocycles. The molecule has 0 aromatic carbocycles. The summed E-state index contributed by atoms with van der Waals surface area (Å²) in [7, 11) is 0. The Bertz CT molecular complexity index is 478. The van der Waals surface area contributed by atoms with Crippen LogP contribution in [0.15, 0.2) is 16.9 Å². The van der Waals surface area contributed by atoms with E-state index in [1.165, 1.54) is 19.3 Å². The van der Waals surface area contributed by atoms with Crippen LogP contribution >= 0.6 is 0 Å². The Balaban J connectivity index is 1.95. The van der Waals surface area contributed by atoms with Crippen molar-refractivity contribution in [1.82, 2.24) is 25.4 Å². The van der Waals surface area contributed by atoms with Crippen LogP contribution in [0.4, 0.5) is 0 Å². The summed E-state index contributed by atoms with van der Waals surface area (Å²) < 4.78 is 6.75. The number of rotatable bonds is 2. The average molecular weight is 233 g/mol. The molecule has 0 aliphatic heterocycles. The minimum Gasteiger partial charge on any atom is -0.364 e. The molecule has 90 valence electrons. The molecule has 0 radical (unpaired) electrons. The highest BCUT2D eigenvalue weighted by Crippen LogP contribution is 2.34. The maximum absolute atomic E-state index is 4.85. The molecule has 1 aliphatic carbocycles. The Morgan fingerprint density at radius 1 is 1.35 bits per heavy atom. The molecule has 1 aliphatic rings. The zero-order valence-electron chi connectivity index (χ0n) is 9.78. The van der Waals surface area contributed by atoms with Crippen molar-refractivity contribution >= 4 is 0 Å². The lowest BCUT2D eigenvalue weighted by Gasteiger charge is -2.28. The van der Waals surface area contributed by atoms with Crippen molar-refractivity contribution < 1.29 is 4.52 Å². The van der Waals surface area contributed by atoms with Gasteiger partial charge in [0, 0.05) is 6.07 Å². The van der Waals surface area contributed by atoms with Crippen LogP contribution < -0.4 is 0 Å². The molecule has 2 atom stereocenters. The fourth-order valence-corrected chi connectivity index (χ4v) is 2.57. The van der Waals surface area contributed by atoms with E-state index in [0.717, 1.165) is 6.42 Å². The van der Waals surface area contributed by atoms with Gasteiger partial charge >= 0.3 is 0 Å². The van der Waals surface area contributed by atoms with Gasteiger partial charge in [0.25, 0.3) is 0 Å². The van der Waals surface area contributed by atoms with Gasteiger partial charge in [0.15, 0.2) is 5.69 Å². The molecule has 0 N–H and O–H groups in total. The van der Waals surface area contributed by atoms with Gasteiger partial charge in [0.05, 0.1) is 6.04 Å². The Hall–Kier alpha value is -1.72.